The maximum Gasteiger partial charge on any atom is 0.227 e. The minimum Gasteiger partial charge on any atom is -0.486 e. The number of hydrogen-bond acceptors (Lipinski definition) is 6. The van der Waals surface area contributed by atoms with E-state index in [9.17, 15) is 8.78 Å². The van der Waals surface area contributed by atoms with Crippen molar-refractivity contribution in [2.24, 2.45) is 0 Å². The Labute approximate surface area is 197 Å². The predicted molar refractivity (Wildman–Crippen MR) is 128 cm³/mol. The molecule has 1 aliphatic carbocycles. The Bertz CT molecular complexity index is 1270. The zero-order chi connectivity index (χ0) is 23.4. The maximum atomic E-state index is 14.9. The largest absolute Gasteiger partial charge is 0.486 e. The molecule has 0 saturated heterocycles. The van der Waals surface area contributed by atoms with Crippen molar-refractivity contribution >= 4 is 17.3 Å². The number of ether oxygens (including phenoxy) is 1. The summed E-state index contributed by atoms with van der Waals surface area (Å²) in [4.78, 5) is 10.6. The SMILES string of the molecule is CC(C)N1CCOc2c(F)cc(-c3nc(Nc4ccc5c(c4)CNCC54CC4)ncc3F)cc21. The van der Waals surface area contributed by atoms with E-state index < -0.39 is 11.6 Å². The molecule has 0 atom stereocenters. The third-order valence-electron chi connectivity index (χ3n) is 7.12. The Morgan fingerprint density at radius 1 is 1.15 bits per heavy atom. The van der Waals surface area contributed by atoms with Crippen LogP contribution in [-0.4, -0.2) is 35.7 Å². The molecule has 1 spiro atoms. The molecule has 3 aromatic rings. The van der Waals surface area contributed by atoms with Crippen molar-refractivity contribution in [2.45, 2.75) is 44.7 Å². The van der Waals surface area contributed by atoms with E-state index in [0.717, 1.165) is 25.0 Å². The van der Waals surface area contributed by atoms with Gasteiger partial charge in [0.25, 0.3) is 0 Å². The van der Waals surface area contributed by atoms with Crippen LogP contribution >= 0.6 is 0 Å². The van der Waals surface area contributed by atoms with Crippen molar-refractivity contribution in [2.75, 3.05) is 29.9 Å². The van der Waals surface area contributed by atoms with Gasteiger partial charge in [0.1, 0.15) is 12.3 Å². The van der Waals surface area contributed by atoms with Gasteiger partial charge in [0.05, 0.1) is 18.4 Å². The molecule has 0 amide bonds. The normalized spacial score (nSPS) is 17.9. The molecule has 3 heterocycles. The molecule has 34 heavy (non-hydrogen) atoms. The fraction of sp³-hybridized carbons (Fsp3) is 0.385. The van der Waals surface area contributed by atoms with E-state index in [1.807, 2.05) is 19.9 Å². The summed E-state index contributed by atoms with van der Waals surface area (Å²) in [6.45, 7) is 6.98. The highest BCUT2D eigenvalue weighted by Crippen LogP contribution is 2.50. The first-order valence-electron chi connectivity index (χ1n) is 11.8. The summed E-state index contributed by atoms with van der Waals surface area (Å²) in [5.41, 5.74) is 4.83. The summed E-state index contributed by atoms with van der Waals surface area (Å²) in [6, 6.07) is 9.47. The van der Waals surface area contributed by atoms with Crippen LogP contribution in [0.3, 0.4) is 0 Å². The first-order chi connectivity index (χ1) is 16.4. The number of halogens is 2. The lowest BCUT2D eigenvalue weighted by molar-refractivity contribution is 0.287. The summed E-state index contributed by atoms with van der Waals surface area (Å²) in [5, 5.41) is 6.70. The number of nitrogens with one attached hydrogen (secondary N) is 2. The van der Waals surface area contributed by atoms with Crippen LogP contribution in [0.1, 0.15) is 37.8 Å². The molecule has 2 N–H and O–H groups in total. The van der Waals surface area contributed by atoms with Crippen molar-refractivity contribution in [1.82, 2.24) is 15.3 Å². The molecule has 2 aromatic carbocycles. The standard InChI is InChI=1S/C26H27F2N5O/c1-15(2)33-7-8-34-24-20(27)10-16(11-22(24)33)23-21(28)13-30-25(32-23)31-18-3-4-19-17(9-18)12-29-14-26(19)5-6-26/h3-4,9-11,13,15,29H,5-8,12,14H2,1-2H3,(H,30,31,32). The highest BCUT2D eigenvalue weighted by Gasteiger charge is 2.46. The average Bonchev–Trinajstić information content (AvgIpc) is 3.59. The van der Waals surface area contributed by atoms with Gasteiger partial charge >= 0.3 is 0 Å². The first kappa shape index (κ1) is 21.3. The minimum absolute atomic E-state index is 0.0463. The van der Waals surface area contributed by atoms with Gasteiger partial charge in [0.15, 0.2) is 17.4 Å². The lowest BCUT2D eigenvalue weighted by atomic mass is 9.88. The van der Waals surface area contributed by atoms with E-state index in [2.05, 4.69) is 37.6 Å². The number of rotatable bonds is 4. The van der Waals surface area contributed by atoms with Crippen LogP contribution in [0.25, 0.3) is 11.3 Å². The molecular weight excluding hydrogens is 436 g/mol. The van der Waals surface area contributed by atoms with Gasteiger partial charge < -0.3 is 20.3 Å². The predicted octanol–water partition coefficient (Wildman–Crippen LogP) is 4.91. The van der Waals surface area contributed by atoms with E-state index >= 15 is 0 Å². The summed E-state index contributed by atoms with van der Waals surface area (Å²) >= 11 is 0. The second kappa shape index (κ2) is 7.91. The lowest BCUT2D eigenvalue weighted by Crippen LogP contribution is -2.38. The van der Waals surface area contributed by atoms with E-state index in [-0.39, 0.29) is 23.4 Å². The van der Waals surface area contributed by atoms with E-state index in [1.54, 1.807) is 6.07 Å². The Kier molecular flexibility index (Phi) is 4.95. The van der Waals surface area contributed by atoms with Crippen molar-refractivity contribution in [3.05, 3.63) is 59.3 Å². The van der Waals surface area contributed by atoms with Crippen molar-refractivity contribution in [3.63, 3.8) is 0 Å². The smallest absolute Gasteiger partial charge is 0.227 e. The highest BCUT2D eigenvalue weighted by molar-refractivity contribution is 5.73. The quantitative estimate of drug-likeness (QED) is 0.574. The van der Waals surface area contributed by atoms with Crippen LogP contribution in [0.15, 0.2) is 36.5 Å². The Morgan fingerprint density at radius 3 is 2.79 bits per heavy atom. The molecule has 176 valence electrons. The number of benzene rings is 2. The minimum atomic E-state index is -0.608. The second-order valence-electron chi connectivity index (χ2n) is 9.71. The van der Waals surface area contributed by atoms with E-state index in [1.165, 1.54) is 30.0 Å². The molecule has 1 saturated carbocycles. The summed E-state index contributed by atoms with van der Waals surface area (Å²) in [5.74, 6) is -0.673. The number of aromatic nitrogens is 2. The average molecular weight is 464 g/mol. The molecule has 0 bridgehead atoms. The maximum absolute atomic E-state index is 14.9. The van der Waals surface area contributed by atoms with E-state index in [0.29, 0.717) is 29.8 Å². The monoisotopic (exact) mass is 463 g/mol. The van der Waals surface area contributed by atoms with Crippen molar-refractivity contribution < 1.29 is 13.5 Å². The van der Waals surface area contributed by atoms with Crippen LogP contribution in [-0.2, 0) is 12.0 Å². The lowest BCUT2D eigenvalue weighted by Gasteiger charge is -2.34. The second-order valence-corrected chi connectivity index (χ2v) is 9.71. The van der Waals surface area contributed by atoms with Gasteiger partial charge in [-0.15, -0.1) is 0 Å². The third kappa shape index (κ3) is 3.57. The van der Waals surface area contributed by atoms with Gasteiger partial charge in [-0.3, -0.25) is 0 Å². The van der Waals surface area contributed by atoms with Gasteiger partial charge in [-0.2, -0.15) is 0 Å². The molecule has 2 aliphatic heterocycles. The van der Waals surface area contributed by atoms with Gasteiger partial charge in [-0.1, -0.05) is 6.07 Å². The van der Waals surface area contributed by atoms with E-state index in [4.69, 9.17) is 4.74 Å². The number of anilines is 3. The fourth-order valence-corrected chi connectivity index (χ4v) is 5.20. The van der Waals surface area contributed by atoms with Gasteiger partial charge in [-0.05, 0) is 62.1 Å². The van der Waals surface area contributed by atoms with Crippen LogP contribution in [0, 0.1) is 11.6 Å². The van der Waals surface area contributed by atoms with Gasteiger partial charge in [-0.25, -0.2) is 18.7 Å². The van der Waals surface area contributed by atoms with Crippen LogP contribution < -0.4 is 20.3 Å². The number of hydrogen-bond donors (Lipinski definition) is 2. The molecule has 1 aromatic heterocycles. The molecular formula is C26H27F2N5O. The van der Waals surface area contributed by atoms with Crippen molar-refractivity contribution in [3.8, 4) is 17.0 Å². The number of nitrogens with zero attached hydrogens (tertiary/aromatic N) is 3. The Morgan fingerprint density at radius 2 is 2.00 bits per heavy atom. The summed E-state index contributed by atoms with van der Waals surface area (Å²) < 4.78 is 35.3. The van der Waals surface area contributed by atoms with Crippen LogP contribution in [0.5, 0.6) is 5.75 Å². The fourth-order valence-electron chi connectivity index (χ4n) is 5.20. The molecule has 1 fully saturated rings. The summed E-state index contributed by atoms with van der Waals surface area (Å²) in [6.07, 6.45) is 3.57. The summed E-state index contributed by atoms with van der Waals surface area (Å²) in [7, 11) is 0. The molecule has 0 unspecified atom stereocenters. The zero-order valence-corrected chi connectivity index (χ0v) is 19.3. The van der Waals surface area contributed by atoms with Crippen LogP contribution in [0.2, 0.25) is 0 Å². The van der Waals surface area contributed by atoms with Gasteiger partial charge in [0.2, 0.25) is 5.95 Å². The molecule has 6 nitrogen and oxygen atoms in total. The van der Waals surface area contributed by atoms with Crippen molar-refractivity contribution in [1.29, 1.82) is 0 Å². The van der Waals surface area contributed by atoms with Gasteiger partial charge in [0, 0.05) is 35.8 Å². The first-order valence-corrected chi connectivity index (χ1v) is 11.8. The van der Waals surface area contributed by atoms with Crippen LogP contribution in [0.4, 0.5) is 26.1 Å². The third-order valence-corrected chi connectivity index (χ3v) is 7.12. The molecule has 6 rings (SSSR count). The highest BCUT2D eigenvalue weighted by atomic mass is 19.1. The zero-order valence-electron chi connectivity index (χ0n) is 19.3. The molecule has 0 radical (unpaired) electrons. The molecule has 3 aliphatic rings. The Hall–Kier alpha value is -3.26. The molecule has 8 heteroatoms. The topological polar surface area (TPSA) is 62.3 Å². The number of fused-ring (bicyclic) bond motifs is 3. The Balaban J connectivity index is 1.33.